The SMILES string of the molecule is COc1cccc(F)c1C(=O)NC(C)c1ccccc1. The van der Waals surface area contributed by atoms with Gasteiger partial charge in [0.1, 0.15) is 17.1 Å². The minimum atomic E-state index is -0.595. The Kier molecular flexibility index (Phi) is 4.35. The molecule has 1 N–H and O–H groups in total. The maximum Gasteiger partial charge on any atom is 0.258 e. The highest BCUT2D eigenvalue weighted by Gasteiger charge is 2.19. The van der Waals surface area contributed by atoms with Gasteiger partial charge in [-0.2, -0.15) is 0 Å². The minimum absolute atomic E-state index is 0.0715. The van der Waals surface area contributed by atoms with Crippen LogP contribution >= 0.6 is 0 Å². The van der Waals surface area contributed by atoms with Crippen molar-refractivity contribution < 1.29 is 13.9 Å². The molecule has 1 atom stereocenters. The van der Waals surface area contributed by atoms with Gasteiger partial charge in [-0.3, -0.25) is 4.79 Å². The molecule has 0 saturated carbocycles. The maximum atomic E-state index is 13.8. The summed E-state index contributed by atoms with van der Waals surface area (Å²) in [4.78, 5) is 12.2. The van der Waals surface area contributed by atoms with E-state index in [4.69, 9.17) is 4.74 Å². The number of rotatable bonds is 4. The molecule has 0 spiro atoms. The van der Waals surface area contributed by atoms with E-state index in [0.717, 1.165) is 5.56 Å². The summed E-state index contributed by atoms with van der Waals surface area (Å²) in [6, 6.07) is 13.6. The van der Waals surface area contributed by atoms with Crippen molar-refractivity contribution in [2.24, 2.45) is 0 Å². The average Bonchev–Trinajstić information content (AvgIpc) is 2.47. The van der Waals surface area contributed by atoms with Crippen LogP contribution in [0.3, 0.4) is 0 Å². The van der Waals surface area contributed by atoms with Gasteiger partial charge in [-0.25, -0.2) is 4.39 Å². The van der Waals surface area contributed by atoms with Crippen LogP contribution in [-0.2, 0) is 0 Å². The molecule has 0 saturated heterocycles. The van der Waals surface area contributed by atoms with E-state index in [0.29, 0.717) is 0 Å². The van der Waals surface area contributed by atoms with E-state index >= 15 is 0 Å². The molecule has 20 heavy (non-hydrogen) atoms. The Morgan fingerprint density at radius 2 is 1.85 bits per heavy atom. The Morgan fingerprint density at radius 3 is 2.50 bits per heavy atom. The predicted octanol–water partition coefficient (Wildman–Crippen LogP) is 3.33. The topological polar surface area (TPSA) is 38.3 Å². The Hall–Kier alpha value is -2.36. The highest BCUT2D eigenvalue weighted by Crippen LogP contribution is 2.22. The number of methoxy groups -OCH3 is 1. The van der Waals surface area contributed by atoms with Gasteiger partial charge < -0.3 is 10.1 Å². The van der Waals surface area contributed by atoms with Crippen molar-refractivity contribution in [2.75, 3.05) is 7.11 Å². The lowest BCUT2D eigenvalue weighted by Crippen LogP contribution is -2.27. The largest absolute Gasteiger partial charge is 0.496 e. The standard InChI is InChI=1S/C16H16FNO2/c1-11(12-7-4-3-5-8-12)18-16(19)15-13(17)9-6-10-14(15)20-2/h3-11H,1-2H3,(H,18,19). The first kappa shape index (κ1) is 14.1. The molecule has 0 fully saturated rings. The molecule has 1 unspecified atom stereocenters. The van der Waals surface area contributed by atoms with Crippen LogP contribution in [0, 0.1) is 5.82 Å². The lowest BCUT2D eigenvalue weighted by molar-refractivity contribution is 0.0932. The molecule has 1 amide bonds. The van der Waals surface area contributed by atoms with Crippen molar-refractivity contribution in [1.82, 2.24) is 5.32 Å². The number of hydrogen-bond acceptors (Lipinski definition) is 2. The molecule has 0 bridgehead atoms. The summed E-state index contributed by atoms with van der Waals surface area (Å²) in [6.45, 7) is 1.85. The fraction of sp³-hybridized carbons (Fsp3) is 0.188. The number of carbonyl (C=O) groups is 1. The van der Waals surface area contributed by atoms with Crippen molar-refractivity contribution in [1.29, 1.82) is 0 Å². The molecule has 0 aliphatic carbocycles. The lowest BCUT2D eigenvalue weighted by Gasteiger charge is -2.16. The first-order valence-corrected chi connectivity index (χ1v) is 6.31. The molecule has 2 aromatic carbocycles. The van der Waals surface area contributed by atoms with E-state index in [2.05, 4.69) is 5.32 Å². The van der Waals surface area contributed by atoms with Crippen molar-refractivity contribution in [3.05, 3.63) is 65.5 Å². The molecule has 104 valence electrons. The van der Waals surface area contributed by atoms with Gasteiger partial charge in [0.25, 0.3) is 5.91 Å². The fourth-order valence-electron chi connectivity index (χ4n) is 1.99. The van der Waals surface area contributed by atoms with Crippen LogP contribution < -0.4 is 10.1 Å². The minimum Gasteiger partial charge on any atom is -0.496 e. The molecule has 0 heterocycles. The summed E-state index contributed by atoms with van der Waals surface area (Å²) in [5.74, 6) is -0.860. The van der Waals surface area contributed by atoms with Crippen LogP contribution in [0.5, 0.6) is 5.75 Å². The molecular formula is C16H16FNO2. The molecule has 0 aliphatic heterocycles. The fourth-order valence-corrected chi connectivity index (χ4v) is 1.99. The summed E-state index contributed by atoms with van der Waals surface area (Å²) in [5, 5.41) is 2.77. The van der Waals surface area contributed by atoms with Crippen LogP contribution in [0.15, 0.2) is 48.5 Å². The zero-order chi connectivity index (χ0) is 14.5. The van der Waals surface area contributed by atoms with Gasteiger partial charge in [-0.1, -0.05) is 36.4 Å². The third-order valence-electron chi connectivity index (χ3n) is 3.07. The van der Waals surface area contributed by atoms with Crippen molar-refractivity contribution >= 4 is 5.91 Å². The van der Waals surface area contributed by atoms with Gasteiger partial charge in [-0.15, -0.1) is 0 Å². The van der Waals surface area contributed by atoms with E-state index in [1.807, 2.05) is 37.3 Å². The highest BCUT2D eigenvalue weighted by molar-refractivity contribution is 5.97. The number of ether oxygens (including phenoxy) is 1. The van der Waals surface area contributed by atoms with Crippen molar-refractivity contribution in [3.63, 3.8) is 0 Å². The molecular weight excluding hydrogens is 257 g/mol. The van der Waals surface area contributed by atoms with Gasteiger partial charge in [-0.05, 0) is 24.6 Å². The van der Waals surface area contributed by atoms with Crippen LogP contribution in [0.4, 0.5) is 4.39 Å². The molecule has 0 aliphatic rings. The van der Waals surface area contributed by atoms with Gasteiger partial charge in [0.2, 0.25) is 0 Å². The molecule has 0 radical (unpaired) electrons. The van der Waals surface area contributed by atoms with Gasteiger partial charge in [0.15, 0.2) is 0 Å². The lowest BCUT2D eigenvalue weighted by atomic mass is 10.1. The Labute approximate surface area is 117 Å². The van der Waals surface area contributed by atoms with Gasteiger partial charge >= 0.3 is 0 Å². The van der Waals surface area contributed by atoms with Crippen LogP contribution in [0.1, 0.15) is 28.9 Å². The zero-order valence-electron chi connectivity index (χ0n) is 11.4. The summed E-state index contributed by atoms with van der Waals surface area (Å²) in [7, 11) is 1.41. The number of carbonyl (C=O) groups excluding carboxylic acids is 1. The maximum absolute atomic E-state index is 13.8. The third kappa shape index (κ3) is 2.96. The second-order valence-electron chi connectivity index (χ2n) is 4.42. The van der Waals surface area contributed by atoms with E-state index < -0.39 is 11.7 Å². The van der Waals surface area contributed by atoms with Crippen LogP contribution in [-0.4, -0.2) is 13.0 Å². The van der Waals surface area contributed by atoms with E-state index in [1.54, 1.807) is 6.07 Å². The van der Waals surface area contributed by atoms with Crippen molar-refractivity contribution in [3.8, 4) is 5.75 Å². The summed E-state index contributed by atoms with van der Waals surface area (Å²) < 4.78 is 18.8. The zero-order valence-corrected chi connectivity index (χ0v) is 11.4. The summed E-state index contributed by atoms with van der Waals surface area (Å²) in [6.07, 6.45) is 0. The summed E-state index contributed by atoms with van der Waals surface area (Å²) in [5.41, 5.74) is 0.883. The highest BCUT2D eigenvalue weighted by atomic mass is 19.1. The van der Waals surface area contributed by atoms with Crippen LogP contribution in [0.25, 0.3) is 0 Å². The van der Waals surface area contributed by atoms with E-state index in [9.17, 15) is 9.18 Å². The molecule has 3 nitrogen and oxygen atoms in total. The third-order valence-corrected chi connectivity index (χ3v) is 3.07. The predicted molar refractivity (Wildman–Crippen MR) is 75.3 cm³/mol. The second kappa shape index (κ2) is 6.19. The normalized spacial score (nSPS) is 11.8. The molecule has 0 aromatic heterocycles. The first-order valence-electron chi connectivity index (χ1n) is 6.31. The van der Waals surface area contributed by atoms with Gasteiger partial charge in [0.05, 0.1) is 13.2 Å². The van der Waals surface area contributed by atoms with Crippen molar-refractivity contribution in [2.45, 2.75) is 13.0 Å². The number of halogens is 1. The Balaban J connectivity index is 2.21. The van der Waals surface area contributed by atoms with E-state index in [1.165, 1.54) is 19.2 Å². The quantitative estimate of drug-likeness (QED) is 0.928. The first-order chi connectivity index (χ1) is 9.63. The molecule has 4 heteroatoms. The number of nitrogens with one attached hydrogen (secondary N) is 1. The average molecular weight is 273 g/mol. The Morgan fingerprint density at radius 1 is 1.15 bits per heavy atom. The molecule has 2 aromatic rings. The number of benzene rings is 2. The van der Waals surface area contributed by atoms with Gasteiger partial charge in [0, 0.05) is 0 Å². The Bertz CT molecular complexity index is 599. The second-order valence-corrected chi connectivity index (χ2v) is 4.42. The van der Waals surface area contributed by atoms with E-state index in [-0.39, 0.29) is 17.4 Å². The monoisotopic (exact) mass is 273 g/mol. The molecule has 2 rings (SSSR count). The van der Waals surface area contributed by atoms with Crippen LogP contribution in [0.2, 0.25) is 0 Å². The smallest absolute Gasteiger partial charge is 0.258 e. The summed E-state index contributed by atoms with van der Waals surface area (Å²) >= 11 is 0. The number of amides is 1. The number of hydrogen-bond donors (Lipinski definition) is 1.